The van der Waals surface area contributed by atoms with Crippen LogP contribution in [0.2, 0.25) is 0 Å². The van der Waals surface area contributed by atoms with Crippen LogP contribution in [0.4, 0.5) is 4.39 Å². The highest BCUT2D eigenvalue weighted by Gasteiger charge is 2.50. The molecule has 25 heavy (non-hydrogen) atoms. The quantitative estimate of drug-likeness (QED) is 0.708. The number of carboxylic acids is 1. The van der Waals surface area contributed by atoms with E-state index in [0.29, 0.717) is 11.1 Å². The van der Waals surface area contributed by atoms with Gasteiger partial charge in [-0.25, -0.2) is 12.8 Å². The molecule has 0 saturated heterocycles. The Morgan fingerprint density at radius 3 is 2.36 bits per heavy atom. The van der Waals surface area contributed by atoms with Crippen molar-refractivity contribution in [1.29, 1.82) is 0 Å². The van der Waals surface area contributed by atoms with E-state index < -0.39 is 39.1 Å². The molecule has 1 aromatic rings. The van der Waals surface area contributed by atoms with Crippen molar-refractivity contribution < 1.29 is 27.8 Å². The van der Waals surface area contributed by atoms with Crippen LogP contribution in [-0.4, -0.2) is 41.7 Å². The number of alkyl halides is 1. The van der Waals surface area contributed by atoms with Gasteiger partial charge in [0.2, 0.25) is 15.0 Å². The third-order valence-corrected chi connectivity index (χ3v) is 5.76. The normalized spacial score (nSPS) is 24.8. The van der Waals surface area contributed by atoms with Gasteiger partial charge in [-0.05, 0) is 29.2 Å². The Morgan fingerprint density at radius 2 is 1.88 bits per heavy atom. The summed E-state index contributed by atoms with van der Waals surface area (Å²) < 4.78 is 41.3. The summed E-state index contributed by atoms with van der Waals surface area (Å²) in [6.07, 6.45) is 0.878. The van der Waals surface area contributed by atoms with Crippen LogP contribution in [0.3, 0.4) is 0 Å². The van der Waals surface area contributed by atoms with Gasteiger partial charge in [-0.1, -0.05) is 50.3 Å². The van der Waals surface area contributed by atoms with Crippen LogP contribution in [0.1, 0.15) is 19.4 Å². The molecule has 0 aromatic heterocycles. The molecule has 136 valence electrons. The van der Waals surface area contributed by atoms with Crippen molar-refractivity contribution in [3.05, 3.63) is 54.1 Å². The maximum atomic E-state index is 14.6. The number of halogens is 1. The first-order valence-electron chi connectivity index (χ1n) is 7.66. The molecular weight excluding hydrogens is 349 g/mol. The largest absolute Gasteiger partial charge is 0.480 e. The molecule has 6 nitrogen and oxygen atoms in total. The first kappa shape index (κ1) is 19.3. The van der Waals surface area contributed by atoms with Crippen LogP contribution in [0.15, 0.2) is 48.6 Å². The minimum Gasteiger partial charge on any atom is -0.480 e. The summed E-state index contributed by atoms with van der Waals surface area (Å²) >= 11 is 0. The van der Waals surface area contributed by atoms with E-state index in [1.165, 1.54) is 19.9 Å². The fourth-order valence-electron chi connectivity index (χ4n) is 2.43. The summed E-state index contributed by atoms with van der Waals surface area (Å²) in [6, 6.07) is 7.24. The fourth-order valence-corrected chi connectivity index (χ4v) is 3.94. The highest BCUT2D eigenvalue weighted by molar-refractivity contribution is 7.91. The number of nitrogens with one attached hydrogen (secondary N) is 1. The topological polar surface area (TPSA) is 104 Å². The zero-order valence-electron chi connectivity index (χ0n) is 13.8. The lowest BCUT2D eigenvalue weighted by atomic mass is 9.97. The molecule has 0 fully saturated rings. The molecule has 1 aliphatic rings. The Morgan fingerprint density at radius 1 is 1.28 bits per heavy atom. The number of hydrogen-bond acceptors (Lipinski definition) is 4. The molecule has 0 aliphatic heterocycles. The lowest BCUT2D eigenvalue weighted by molar-refractivity contribution is -0.140. The van der Waals surface area contributed by atoms with Crippen LogP contribution in [0.25, 0.3) is 5.57 Å². The van der Waals surface area contributed by atoms with Crippen molar-refractivity contribution in [2.75, 3.05) is 0 Å². The van der Waals surface area contributed by atoms with E-state index in [9.17, 15) is 22.7 Å². The summed E-state index contributed by atoms with van der Waals surface area (Å²) in [7, 11) is -4.71. The van der Waals surface area contributed by atoms with Gasteiger partial charge in [0, 0.05) is 0 Å². The maximum Gasteiger partial charge on any atom is 0.321 e. The Hall–Kier alpha value is -2.03. The van der Waals surface area contributed by atoms with E-state index >= 15 is 0 Å². The predicted octanol–water partition coefficient (Wildman–Crippen LogP) is 1.70. The Balaban J connectivity index is 2.32. The van der Waals surface area contributed by atoms with Crippen molar-refractivity contribution in [2.24, 2.45) is 5.92 Å². The van der Waals surface area contributed by atoms with Crippen LogP contribution in [0.5, 0.6) is 0 Å². The number of benzene rings is 1. The van der Waals surface area contributed by atoms with Gasteiger partial charge < -0.3 is 10.2 Å². The third-order valence-electron chi connectivity index (χ3n) is 3.98. The van der Waals surface area contributed by atoms with Crippen molar-refractivity contribution >= 4 is 21.6 Å². The number of carbonyl (C=O) groups is 1. The number of aliphatic hydroxyl groups is 1. The first-order valence-corrected chi connectivity index (χ1v) is 9.14. The summed E-state index contributed by atoms with van der Waals surface area (Å²) in [5, 5.41) is 19.5. The van der Waals surface area contributed by atoms with Gasteiger partial charge in [-0.3, -0.25) is 4.79 Å². The van der Waals surface area contributed by atoms with Crippen molar-refractivity contribution in [2.45, 2.75) is 31.0 Å². The van der Waals surface area contributed by atoms with Gasteiger partial charge in [0.05, 0.1) is 0 Å². The smallest absolute Gasteiger partial charge is 0.321 e. The predicted molar refractivity (Wildman–Crippen MR) is 91.7 cm³/mol. The lowest BCUT2D eigenvalue weighted by Gasteiger charge is -2.31. The summed E-state index contributed by atoms with van der Waals surface area (Å²) in [4.78, 5) is 8.31. The molecule has 0 spiro atoms. The molecule has 3 unspecified atom stereocenters. The molecule has 0 heterocycles. The summed E-state index contributed by atoms with van der Waals surface area (Å²) in [5.74, 6) is -1.99. The molecule has 3 N–H and O–H groups in total. The molecule has 0 bridgehead atoms. The van der Waals surface area contributed by atoms with E-state index in [1.54, 1.807) is 30.3 Å². The molecule has 0 radical (unpaired) electrons. The van der Waals surface area contributed by atoms with E-state index in [4.69, 9.17) is 5.11 Å². The average Bonchev–Trinajstić information content (AvgIpc) is 2.55. The van der Waals surface area contributed by atoms with E-state index in [0.717, 1.165) is 12.2 Å². The number of carboxylic acid groups (broad SMARTS) is 1. The highest BCUT2D eigenvalue weighted by atomic mass is 32.2. The van der Waals surface area contributed by atoms with Gasteiger partial charge in [0.15, 0.2) is 6.17 Å². The Bertz CT molecular complexity index is 804. The van der Waals surface area contributed by atoms with Gasteiger partial charge in [0.25, 0.3) is 0 Å². The fraction of sp³-hybridized carbons (Fsp3) is 0.353. The SMILES string of the molecule is CC(C)C(NS(=O)(=O)C1(O)C=CC(c2ccccc2)=CC1F)C(=O)O. The standard InChI is InChI=1S/C17H20FNO5S/c1-11(2)15(16(20)21)19-25(23,24)17(22)9-8-13(10-14(17)18)12-6-4-3-5-7-12/h3-11,14-15,19,22H,1-2H3,(H,20,21). The van der Waals surface area contributed by atoms with Crippen molar-refractivity contribution in [3.8, 4) is 0 Å². The van der Waals surface area contributed by atoms with Crippen molar-refractivity contribution in [3.63, 3.8) is 0 Å². The average molecular weight is 369 g/mol. The van der Waals surface area contributed by atoms with Gasteiger partial charge in [-0.2, -0.15) is 4.72 Å². The maximum absolute atomic E-state index is 14.6. The molecular formula is C17H20FNO5S. The van der Waals surface area contributed by atoms with Gasteiger partial charge >= 0.3 is 5.97 Å². The van der Waals surface area contributed by atoms with Gasteiger partial charge in [0.1, 0.15) is 6.04 Å². The number of allylic oxidation sites excluding steroid dienone is 2. The number of sulfonamides is 1. The molecule has 2 rings (SSSR count). The number of aliphatic carboxylic acids is 1. The summed E-state index contributed by atoms with van der Waals surface area (Å²) in [5.41, 5.74) is 1.09. The number of rotatable bonds is 6. The lowest BCUT2D eigenvalue weighted by Crippen LogP contribution is -2.56. The van der Waals surface area contributed by atoms with E-state index in [2.05, 4.69) is 0 Å². The second-order valence-corrected chi connectivity index (χ2v) is 8.05. The van der Waals surface area contributed by atoms with Crippen molar-refractivity contribution in [1.82, 2.24) is 4.72 Å². The molecule has 8 heteroatoms. The van der Waals surface area contributed by atoms with Gasteiger partial charge in [-0.15, -0.1) is 0 Å². The Kier molecular flexibility index (Phi) is 5.46. The molecule has 3 atom stereocenters. The number of hydrogen-bond donors (Lipinski definition) is 3. The first-order chi connectivity index (χ1) is 11.6. The second-order valence-electron chi connectivity index (χ2n) is 6.16. The van der Waals surface area contributed by atoms with Crippen LogP contribution in [0, 0.1) is 5.92 Å². The van der Waals surface area contributed by atoms with Crippen LogP contribution in [-0.2, 0) is 14.8 Å². The summed E-state index contributed by atoms with van der Waals surface area (Å²) in [6.45, 7) is 3.00. The molecule has 0 amide bonds. The zero-order chi connectivity index (χ0) is 18.8. The minimum atomic E-state index is -4.71. The Labute approximate surface area is 145 Å². The minimum absolute atomic E-state index is 0.423. The van der Waals surface area contributed by atoms with E-state index in [1.807, 2.05) is 4.72 Å². The molecule has 0 saturated carbocycles. The second kappa shape index (κ2) is 7.07. The van der Waals surface area contributed by atoms with Crippen LogP contribution < -0.4 is 4.72 Å². The molecule has 1 aromatic carbocycles. The molecule has 1 aliphatic carbocycles. The monoisotopic (exact) mass is 369 g/mol. The van der Waals surface area contributed by atoms with Crippen LogP contribution >= 0.6 is 0 Å². The third kappa shape index (κ3) is 3.81. The zero-order valence-corrected chi connectivity index (χ0v) is 14.6. The highest BCUT2D eigenvalue weighted by Crippen LogP contribution is 2.32. The van der Waals surface area contributed by atoms with E-state index in [-0.39, 0.29) is 0 Å².